The Bertz CT molecular complexity index is 217. The highest BCUT2D eigenvalue weighted by molar-refractivity contribution is 7.08. The van der Waals surface area contributed by atoms with Gasteiger partial charge in [0, 0.05) is 5.56 Å². The van der Waals surface area contributed by atoms with Crippen LogP contribution in [-0.2, 0) is 4.79 Å². The molecule has 0 spiro atoms. The van der Waals surface area contributed by atoms with Crippen molar-refractivity contribution in [3.8, 4) is 0 Å². The van der Waals surface area contributed by atoms with Gasteiger partial charge in [-0.15, -0.1) is 0 Å². The van der Waals surface area contributed by atoms with Gasteiger partial charge in [0.1, 0.15) is 0 Å². The zero-order valence-corrected chi connectivity index (χ0v) is 5.84. The van der Waals surface area contributed by atoms with Crippen molar-refractivity contribution >= 4 is 17.3 Å². The maximum Gasteiger partial charge on any atom is 0.337 e. The van der Waals surface area contributed by atoms with E-state index in [1.165, 1.54) is 11.3 Å². The molecule has 0 radical (unpaired) electrons. The van der Waals surface area contributed by atoms with Gasteiger partial charge in [-0.3, -0.25) is 0 Å². The first-order valence-electron chi connectivity index (χ1n) is 2.65. The van der Waals surface area contributed by atoms with Gasteiger partial charge in [0.05, 0.1) is 0 Å². The molecule has 10 heavy (non-hydrogen) atoms. The summed E-state index contributed by atoms with van der Waals surface area (Å²) in [5.74, 6) is -1.21. The highest BCUT2D eigenvalue weighted by Gasteiger charge is 2.14. The van der Waals surface area contributed by atoms with Crippen molar-refractivity contribution < 1.29 is 15.0 Å². The van der Waals surface area contributed by atoms with Crippen molar-refractivity contribution in [1.29, 1.82) is 0 Å². The van der Waals surface area contributed by atoms with Crippen LogP contribution in [0.1, 0.15) is 11.7 Å². The molecule has 2 N–H and O–H groups in total. The molecule has 0 aliphatic heterocycles. The smallest absolute Gasteiger partial charge is 0.337 e. The highest BCUT2D eigenvalue weighted by atomic mass is 32.1. The van der Waals surface area contributed by atoms with E-state index in [1.807, 2.05) is 0 Å². The van der Waals surface area contributed by atoms with Crippen LogP contribution < -0.4 is 0 Å². The Balaban J connectivity index is 2.77. The van der Waals surface area contributed by atoms with Gasteiger partial charge >= 0.3 is 5.97 Å². The summed E-state index contributed by atoms with van der Waals surface area (Å²) >= 11 is 1.36. The van der Waals surface area contributed by atoms with Crippen molar-refractivity contribution in [1.82, 2.24) is 0 Å². The van der Waals surface area contributed by atoms with E-state index in [4.69, 9.17) is 10.2 Å². The molecular weight excluding hydrogens is 152 g/mol. The van der Waals surface area contributed by atoms with E-state index < -0.39 is 12.1 Å². The second-order valence-corrected chi connectivity index (χ2v) is 2.58. The third kappa shape index (κ3) is 1.34. The maximum atomic E-state index is 10.2. The van der Waals surface area contributed by atoms with Crippen LogP contribution in [0.2, 0.25) is 0 Å². The second kappa shape index (κ2) is 2.81. The Morgan fingerprint density at radius 2 is 2.40 bits per heavy atom. The first-order chi connectivity index (χ1) is 4.72. The van der Waals surface area contributed by atoms with Crippen molar-refractivity contribution in [2.45, 2.75) is 6.10 Å². The number of carbonyl (C=O) groups is 1. The van der Waals surface area contributed by atoms with Crippen LogP contribution in [0.15, 0.2) is 16.8 Å². The van der Waals surface area contributed by atoms with E-state index in [1.54, 1.807) is 16.8 Å². The molecule has 0 aromatic carbocycles. The van der Waals surface area contributed by atoms with Crippen LogP contribution in [0.3, 0.4) is 0 Å². The van der Waals surface area contributed by atoms with Gasteiger partial charge in [0.25, 0.3) is 0 Å². The van der Waals surface area contributed by atoms with Crippen molar-refractivity contribution in [3.05, 3.63) is 22.4 Å². The number of carboxylic acid groups (broad SMARTS) is 1. The number of aliphatic carboxylic acids is 1. The first kappa shape index (κ1) is 7.24. The van der Waals surface area contributed by atoms with Gasteiger partial charge < -0.3 is 10.2 Å². The minimum atomic E-state index is -1.37. The molecule has 54 valence electrons. The summed E-state index contributed by atoms with van der Waals surface area (Å²) in [5.41, 5.74) is 0.442. The van der Waals surface area contributed by atoms with Crippen LogP contribution in [0.4, 0.5) is 0 Å². The van der Waals surface area contributed by atoms with E-state index in [0.29, 0.717) is 5.56 Å². The van der Waals surface area contributed by atoms with E-state index in [0.717, 1.165) is 0 Å². The molecule has 1 rings (SSSR count). The molecule has 0 aliphatic rings. The molecule has 1 aromatic heterocycles. The number of carboxylic acids is 1. The van der Waals surface area contributed by atoms with Gasteiger partial charge in [0.15, 0.2) is 6.10 Å². The van der Waals surface area contributed by atoms with Crippen molar-refractivity contribution in [3.63, 3.8) is 0 Å². The van der Waals surface area contributed by atoms with Crippen LogP contribution in [0.5, 0.6) is 0 Å². The zero-order chi connectivity index (χ0) is 7.56. The van der Waals surface area contributed by atoms with Crippen LogP contribution in [0, 0.1) is 0 Å². The minimum absolute atomic E-state index is 0.442. The van der Waals surface area contributed by atoms with Gasteiger partial charge in [-0.25, -0.2) is 4.79 Å². The number of rotatable bonds is 2. The number of hydrogen-bond acceptors (Lipinski definition) is 3. The summed E-state index contributed by atoms with van der Waals surface area (Å²) < 4.78 is 0. The molecule has 0 amide bonds. The third-order valence-corrected chi connectivity index (χ3v) is 1.79. The predicted octanol–water partition coefficient (Wildman–Crippen LogP) is 0.866. The molecule has 0 fully saturated rings. The zero-order valence-electron chi connectivity index (χ0n) is 5.02. The molecule has 4 heteroatoms. The third-order valence-electron chi connectivity index (χ3n) is 1.09. The summed E-state index contributed by atoms with van der Waals surface area (Å²) in [6.07, 6.45) is -1.37. The Labute approximate surface area is 61.6 Å². The average Bonchev–Trinajstić information content (AvgIpc) is 2.36. The van der Waals surface area contributed by atoms with Gasteiger partial charge in [0.2, 0.25) is 0 Å². The molecule has 0 bridgehead atoms. The molecule has 1 aromatic rings. The van der Waals surface area contributed by atoms with Gasteiger partial charge in [-0.05, 0) is 16.8 Å². The summed E-state index contributed by atoms with van der Waals surface area (Å²) in [6, 6.07) is 1.59. The molecule has 1 unspecified atom stereocenters. The number of aliphatic hydroxyl groups excluding tert-OH is 1. The second-order valence-electron chi connectivity index (χ2n) is 1.80. The van der Waals surface area contributed by atoms with Crippen molar-refractivity contribution in [2.24, 2.45) is 0 Å². The van der Waals surface area contributed by atoms with Gasteiger partial charge in [-0.1, -0.05) is 0 Å². The quantitative estimate of drug-likeness (QED) is 0.671. The van der Waals surface area contributed by atoms with Gasteiger partial charge in [-0.2, -0.15) is 11.3 Å². The molecule has 3 nitrogen and oxygen atoms in total. The lowest BCUT2D eigenvalue weighted by atomic mass is 10.2. The summed E-state index contributed by atoms with van der Waals surface area (Å²) in [7, 11) is 0. The molecule has 0 aliphatic carbocycles. The normalized spacial score (nSPS) is 12.9. The van der Waals surface area contributed by atoms with E-state index in [-0.39, 0.29) is 0 Å². The monoisotopic (exact) mass is 158 g/mol. The number of aliphatic hydroxyl groups is 1. The lowest BCUT2D eigenvalue weighted by Crippen LogP contribution is -2.08. The average molecular weight is 158 g/mol. The predicted molar refractivity (Wildman–Crippen MR) is 36.9 cm³/mol. The summed E-state index contributed by atoms with van der Waals surface area (Å²) in [5, 5.41) is 20.5. The molecule has 1 atom stereocenters. The number of hydrogen-bond donors (Lipinski definition) is 2. The number of thiophene rings is 1. The van der Waals surface area contributed by atoms with Crippen LogP contribution in [-0.4, -0.2) is 16.2 Å². The Kier molecular flexibility index (Phi) is 2.03. The Hall–Kier alpha value is -0.870. The van der Waals surface area contributed by atoms with Crippen LogP contribution >= 0.6 is 11.3 Å². The maximum absolute atomic E-state index is 10.2. The Morgan fingerprint density at radius 3 is 2.80 bits per heavy atom. The summed E-state index contributed by atoms with van der Waals surface area (Å²) in [6.45, 7) is 0. The molecular formula is C6H6O3S. The standard InChI is InChI=1S/C6H6O3S/c7-5(6(8)9)4-1-2-10-3-4/h1-3,5,7H,(H,8,9). The molecule has 1 heterocycles. The summed E-state index contributed by atoms with van der Waals surface area (Å²) in [4.78, 5) is 10.2. The fourth-order valence-electron chi connectivity index (χ4n) is 0.573. The SMILES string of the molecule is O=C(O)C(O)c1ccsc1. The van der Waals surface area contributed by atoms with E-state index in [2.05, 4.69) is 0 Å². The fourth-order valence-corrected chi connectivity index (χ4v) is 1.25. The first-order valence-corrected chi connectivity index (χ1v) is 3.59. The Morgan fingerprint density at radius 1 is 1.70 bits per heavy atom. The molecule has 0 saturated heterocycles. The van der Waals surface area contributed by atoms with E-state index in [9.17, 15) is 4.79 Å². The van der Waals surface area contributed by atoms with Crippen molar-refractivity contribution in [2.75, 3.05) is 0 Å². The fraction of sp³-hybridized carbons (Fsp3) is 0.167. The minimum Gasteiger partial charge on any atom is -0.479 e. The lowest BCUT2D eigenvalue weighted by Gasteiger charge is -1.99. The van der Waals surface area contributed by atoms with Crippen LogP contribution in [0.25, 0.3) is 0 Å². The topological polar surface area (TPSA) is 57.5 Å². The van der Waals surface area contributed by atoms with E-state index >= 15 is 0 Å². The molecule has 0 saturated carbocycles. The highest BCUT2D eigenvalue weighted by Crippen LogP contribution is 2.15. The lowest BCUT2D eigenvalue weighted by molar-refractivity contribution is -0.146. The largest absolute Gasteiger partial charge is 0.479 e.